The van der Waals surface area contributed by atoms with Crippen LogP contribution in [0.4, 0.5) is 11.4 Å². The van der Waals surface area contributed by atoms with E-state index in [0.29, 0.717) is 62.5 Å². The lowest BCUT2D eigenvalue weighted by Gasteiger charge is -2.10. The Labute approximate surface area is 176 Å². The van der Waals surface area contributed by atoms with E-state index >= 15 is 0 Å². The Kier molecular flexibility index (Phi) is 8.32. The molecule has 3 rings (SSSR count). The minimum Gasteiger partial charge on any atom is -0.489 e. The Bertz CT molecular complexity index is 849. The van der Waals surface area contributed by atoms with E-state index in [1.165, 1.54) is 0 Å². The summed E-state index contributed by atoms with van der Waals surface area (Å²) in [6, 6.07) is 20.5. The fourth-order valence-corrected chi connectivity index (χ4v) is 2.69. The van der Waals surface area contributed by atoms with Gasteiger partial charge >= 0.3 is 0 Å². The number of ether oxygens (including phenoxy) is 4. The highest BCUT2D eigenvalue weighted by Crippen LogP contribution is 2.20. The van der Waals surface area contributed by atoms with Crippen molar-refractivity contribution in [1.29, 1.82) is 0 Å². The first kappa shape index (κ1) is 21.4. The van der Waals surface area contributed by atoms with E-state index in [0.717, 1.165) is 11.4 Å². The molecule has 0 saturated carbocycles. The maximum atomic E-state index is 5.84. The molecule has 0 amide bonds. The smallest absolute Gasteiger partial charge is 0.142 e. The van der Waals surface area contributed by atoms with Crippen LogP contribution in [0.3, 0.4) is 0 Å². The van der Waals surface area contributed by atoms with Gasteiger partial charge in [-0.25, -0.2) is 0 Å². The van der Waals surface area contributed by atoms with E-state index in [2.05, 4.69) is 4.98 Å². The summed E-state index contributed by atoms with van der Waals surface area (Å²) in [7, 11) is 0. The summed E-state index contributed by atoms with van der Waals surface area (Å²) in [6.07, 6.45) is 0. The average molecular weight is 409 g/mol. The summed E-state index contributed by atoms with van der Waals surface area (Å²) < 4.78 is 22.5. The zero-order chi connectivity index (χ0) is 21.0. The van der Waals surface area contributed by atoms with Gasteiger partial charge in [-0.3, -0.25) is 4.98 Å². The molecule has 0 aliphatic carbocycles. The van der Waals surface area contributed by atoms with Crippen molar-refractivity contribution in [2.24, 2.45) is 0 Å². The first-order chi connectivity index (χ1) is 14.7. The third-order valence-electron chi connectivity index (χ3n) is 4.17. The Morgan fingerprint density at radius 1 is 0.567 bits per heavy atom. The molecule has 30 heavy (non-hydrogen) atoms. The van der Waals surface area contributed by atoms with Crippen molar-refractivity contribution in [1.82, 2.24) is 4.98 Å². The minimum absolute atomic E-state index is 0.401. The Morgan fingerprint density at radius 3 is 1.50 bits per heavy atom. The lowest BCUT2D eigenvalue weighted by Crippen LogP contribution is -2.10. The van der Waals surface area contributed by atoms with E-state index in [1.807, 2.05) is 54.6 Å². The van der Waals surface area contributed by atoms with Crippen molar-refractivity contribution < 1.29 is 18.9 Å². The highest BCUT2D eigenvalue weighted by Gasteiger charge is 2.02. The molecular formula is C23H27N3O4. The molecule has 0 radical (unpaired) electrons. The van der Waals surface area contributed by atoms with Crippen LogP contribution in [0.2, 0.25) is 0 Å². The van der Waals surface area contributed by atoms with Gasteiger partial charge in [0.05, 0.1) is 49.2 Å². The van der Waals surface area contributed by atoms with Gasteiger partial charge in [-0.15, -0.1) is 0 Å². The van der Waals surface area contributed by atoms with Gasteiger partial charge in [0.25, 0.3) is 0 Å². The van der Waals surface area contributed by atoms with Crippen LogP contribution in [0.25, 0.3) is 0 Å². The normalized spacial score (nSPS) is 10.7. The summed E-state index contributed by atoms with van der Waals surface area (Å²) in [5, 5.41) is 0. The topological polar surface area (TPSA) is 102 Å². The fraction of sp³-hybridized carbons (Fsp3) is 0.261. The molecule has 0 atom stereocenters. The van der Waals surface area contributed by atoms with E-state index in [1.54, 1.807) is 12.1 Å². The number of para-hydroxylation sites is 4. The highest BCUT2D eigenvalue weighted by molar-refractivity contribution is 5.52. The number of benzene rings is 2. The van der Waals surface area contributed by atoms with E-state index in [-0.39, 0.29) is 0 Å². The summed E-state index contributed by atoms with van der Waals surface area (Å²) in [6.45, 7) is 2.52. The molecule has 0 aliphatic heterocycles. The molecule has 7 heteroatoms. The maximum absolute atomic E-state index is 5.84. The van der Waals surface area contributed by atoms with Crippen LogP contribution < -0.4 is 20.9 Å². The molecule has 158 valence electrons. The van der Waals surface area contributed by atoms with Crippen LogP contribution in [-0.2, 0) is 22.7 Å². The molecule has 2 aromatic carbocycles. The molecule has 0 spiro atoms. The molecule has 7 nitrogen and oxygen atoms in total. The predicted octanol–water partition coefficient (Wildman–Crippen LogP) is 3.44. The van der Waals surface area contributed by atoms with Crippen molar-refractivity contribution in [3.8, 4) is 11.5 Å². The Hall–Kier alpha value is -3.29. The number of hydrogen-bond donors (Lipinski definition) is 2. The molecule has 0 saturated heterocycles. The average Bonchev–Trinajstić information content (AvgIpc) is 2.76. The lowest BCUT2D eigenvalue weighted by atomic mass is 10.3. The zero-order valence-corrected chi connectivity index (χ0v) is 16.8. The lowest BCUT2D eigenvalue weighted by molar-refractivity contribution is 0.0821. The molecule has 0 aliphatic rings. The van der Waals surface area contributed by atoms with Crippen molar-refractivity contribution in [2.75, 3.05) is 37.9 Å². The number of nitrogens with two attached hydrogens (primary N) is 2. The summed E-state index contributed by atoms with van der Waals surface area (Å²) in [4.78, 5) is 4.54. The van der Waals surface area contributed by atoms with Gasteiger partial charge in [-0.05, 0) is 36.4 Å². The summed E-state index contributed by atoms with van der Waals surface area (Å²) >= 11 is 0. The zero-order valence-electron chi connectivity index (χ0n) is 16.8. The number of aromatic nitrogens is 1. The van der Waals surface area contributed by atoms with E-state index in [9.17, 15) is 0 Å². The second-order valence-corrected chi connectivity index (χ2v) is 6.50. The van der Waals surface area contributed by atoms with Crippen LogP contribution in [0.1, 0.15) is 11.4 Å². The van der Waals surface area contributed by atoms with Crippen LogP contribution in [-0.4, -0.2) is 31.4 Å². The number of pyridine rings is 1. The quantitative estimate of drug-likeness (QED) is 0.349. The first-order valence-corrected chi connectivity index (χ1v) is 9.77. The predicted molar refractivity (Wildman–Crippen MR) is 116 cm³/mol. The minimum atomic E-state index is 0.401. The first-order valence-electron chi connectivity index (χ1n) is 9.77. The largest absolute Gasteiger partial charge is 0.489 e. The Morgan fingerprint density at radius 2 is 1.03 bits per heavy atom. The Balaban J connectivity index is 1.31. The molecule has 3 aromatic rings. The molecule has 0 fully saturated rings. The second-order valence-electron chi connectivity index (χ2n) is 6.50. The number of rotatable bonds is 12. The number of nitrogens with zero attached hydrogens (tertiary/aromatic N) is 1. The standard InChI is InChI=1S/C23H27N3O4/c24-20-8-1-3-10-22(20)29-14-12-27-16-18-6-5-7-19(26-18)17-28-13-15-30-23-11-4-2-9-21(23)25/h1-11H,12-17,24-25H2. The molecule has 0 bridgehead atoms. The monoisotopic (exact) mass is 409 g/mol. The summed E-state index contributed by atoms with van der Waals surface area (Å²) in [5.41, 5.74) is 14.6. The van der Waals surface area contributed by atoms with Crippen LogP contribution in [0.15, 0.2) is 66.7 Å². The van der Waals surface area contributed by atoms with Crippen molar-refractivity contribution in [3.05, 3.63) is 78.1 Å². The molecule has 1 aromatic heterocycles. The molecular weight excluding hydrogens is 382 g/mol. The van der Waals surface area contributed by atoms with E-state index < -0.39 is 0 Å². The number of hydrogen-bond acceptors (Lipinski definition) is 7. The van der Waals surface area contributed by atoms with Gasteiger partial charge in [0, 0.05) is 0 Å². The van der Waals surface area contributed by atoms with Gasteiger partial charge in [0.15, 0.2) is 0 Å². The third-order valence-corrected chi connectivity index (χ3v) is 4.17. The van der Waals surface area contributed by atoms with Crippen LogP contribution >= 0.6 is 0 Å². The van der Waals surface area contributed by atoms with E-state index in [4.69, 9.17) is 30.4 Å². The SMILES string of the molecule is Nc1ccccc1OCCOCc1cccc(COCCOc2ccccc2N)n1. The van der Waals surface area contributed by atoms with Crippen molar-refractivity contribution in [2.45, 2.75) is 13.2 Å². The van der Waals surface area contributed by atoms with Gasteiger partial charge in [0.2, 0.25) is 0 Å². The van der Waals surface area contributed by atoms with Gasteiger partial charge in [-0.2, -0.15) is 0 Å². The fourth-order valence-electron chi connectivity index (χ4n) is 2.69. The molecule has 0 unspecified atom stereocenters. The second kappa shape index (κ2) is 11.6. The number of anilines is 2. The van der Waals surface area contributed by atoms with Gasteiger partial charge in [-0.1, -0.05) is 30.3 Å². The van der Waals surface area contributed by atoms with Gasteiger partial charge in [0.1, 0.15) is 24.7 Å². The van der Waals surface area contributed by atoms with Crippen molar-refractivity contribution in [3.63, 3.8) is 0 Å². The summed E-state index contributed by atoms with van der Waals surface area (Å²) in [5.74, 6) is 1.33. The van der Waals surface area contributed by atoms with Crippen molar-refractivity contribution >= 4 is 11.4 Å². The third kappa shape index (κ3) is 6.95. The van der Waals surface area contributed by atoms with Crippen LogP contribution in [0, 0.1) is 0 Å². The number of nitrogen functional groups attached to an aromatic ring is 2. The molecule has 1 heterocycles. The highest BCUT2D eigenvalue weighted by atomic mass is 16.5. The van der Waals surface area contributed by atoms with Gasteiger partial charge < -0.3 is 30.4 Å². The molecule has 4 N–H and O–H groups in total. The van der Waals surface area contributed by atoms with Crippen LogP contribution in [0.5, 0.6) is 11.5 Å². The maximum Gasteiger partial charge on any atom is 0.142 e.